The van der Waals surface area contributed by atoms with Crippen molar-refractivity contribution in [2.75, 3.05) is 18.1 Å². The molecule has 0 bridgehead atoms. The maximum absolute atomic E-state index is 8.97. The summed E-state index contributed by atoms with van der Waals surface area (Å²) >= 11 is 2.02. The number of aliphatic hydroxyl groups is 1. The SMILES string of the molecule is C[C@@H](CCO)N[C@H]1CSCCc2ccccc21. The molecule has 17 heavy (non-hydrogen) atoms. The first-order chi connectivity index (χ1) is 8.31. The van der Waals surface area contributed by atoms with Crippen LogP contribution in [-0.4, -0.2) is 29.3 Å². The molecule has 0 radical (unpaired) electrons. The summed E-state index contributed by atoms with van der Waals surface area (Å²) in [6.07, 6.45) is 2.00. The zero-order chi connectivity index (χ0) is 12.1. The highest BCUT2D eigenvalue weighted by molar-refractivity contribution is 7.99. The highest BCUT2D eigenvalue weighted by atomic mass is 32.2. The second kappa shape index (κ2) is 6.43. The lowest BCUT2D eigenvalue weighted by Crippen LogP contribution is -2.32. The Kier molecular flexibility index (Phi) is 4.89. The molecule has 94 valence electrons. The van der Waals surface area contributed by atoms with Crippen LogP contribution < -0.4 is 5.32 Å². The summed E-state index contributed by atoms with van der Waals surface area (Å²) < 4.78 is 0. The Balaban J connectivity index is 2.11. The van der Waals surface area contributed by atoms with Crippen molar-refractivity contribution in [1.29, 1.82) is 0 Å². The van der Waals surface area contributed by atoms with Gasteiger partial charge in [-0.3, -0.25) is 0 Å². The molecule has 0 amide bonds. The molecule has 1 aromatic carbocycles. The topological polar surface area (TPSA) is 32.3 Å². The number of hydrogen-bond acceptors (Lipinski definition) is 3. The number of benzene rings is 1. The first kappa shape index (κ1) is 12.9. The number of hydrogen-bond donors (Lipinski definition) is 2. The van der Waals surface area contributed by atoms with Crippen LogP contribution in [0.25, 0.3) is 0 Å². The third kappa shape index (κ3) is 3.47. The summed E-state index contributed by atoms with van der Waals surface area (Å²) in [5, 5.41) is 12.6. The summed E-state index contributed by atoms with van der Waals surface area (Å²) in [4.78, 5) is 0. The Morgan fingerprint density at radius 2 is 2.29 bits per heavy atom. The maximum Gasteiger partial charge on any atom is 0.0445 e. The smallest absolute Gasteiger partial charge is 0.0445 e. The minimum Gasteiger partial charge on any atom is -0.396 e. The van der Waals surface area contributed by atoms with E-state index in [1.54, 1.807) is 0 Å². The van der Waals surface area contributed by atoms with Gasteiger partial charge in [0.2, 0.25) is 0 Å². The van der Waals surface area contributed by atoms with Crippen molar-refractivity contribution >= 4 is 11.8 Å². The fourth-order valence-corrected chi connectivity index (χ4v) is 3.38. The average molecular weight is 251 g/mol. The Labute approximate surface area is 108 Å². The molecule has 0 spiro atoms. The van der Waals surface area contributed by atoms with Gasteiger partial charge in [0.15, 0.2) is 0 Å². The van der Waals surface area contributed by atoms with Gasteiger partial charge >= 0.3 is 0 Å². The van der Waals surface area contributed by atoms with Gasteiger partial charge in [-0.05, 0) is 36.6 Å². The van der Waals surface area contributed by atoms with Gasteiger partial charge in [-0.15, -0.1) is 0 Å². The van der Waals surface area contributed by atoms with Crippen molar-refractivity contribution in [1.82, 2.24) is 5.32 Å². The zero-order valence-electron chi connectivity index (χ0n) is 10.4. The Bertz CT molecular complexity index is 356. The molecule has 1 aliphatic rings. The van der Waals surface area contributed by atoms with Crippen LogP contribution >= 0.6 is 11.8 Å². The lowest BCUT2D eigenvalue weighted by molar-refractivity contribution is 0.265. The van der Waals surface area contributed by atoms with E-state index in [1.165, 1.54) is 23.3 Å². The second-order valence-corrected chi connectivity index (χ2v) is 5.81. The number of rotatable bonds is 4. The van der Waals surface area contributed by atoms with Crippen molar-refractivity contribution in [2.24, 2.45) is 0 Å². The highest BCUT2D eigenvalue weighted by Crippen LogP contribution is 2.27. The predicted octanol–water partition coefficient (Wildman–Crippen LogP) is 2.38. The van der Waals surface area contributed by atoms with Crippen LogP contribution in [0.5, 0.6) is 0 Å². The Hall–Kier alpha value is -0.510. The van der Waals surface area contributed by atoms with E-state index in [1.807, 2.05) is 11.8 Å². The summed E-state index contributed by atoms with van der Waals surface area (Å²) in [5.41, 5.74) is 2.92. The largest absolute Gasteiger partial charge is 0.396 e. The molecule has 0 aliphatic carbocycles. The monoisotopic (exact) mass is 251 g/mol. The van der Waals surface area contributed by atoms with Gasteiger partial charge in [0.25, 0.3) is 0 Å². The van der Waals surface area contributed by atoms with Crippen LogP contribution in [0.2, 0.25) is 0 Å². The molecule has 0 saturated carbocycles. The van der Waals surface area contributed by atoms with Crippen LogP contribution in [0.4, 0.5) is 0 Å². The lowest BCUT2D eigenvalue weighted by atomic mass is 9.99. The van der Waals surface area contributed by atoms with Crippen LogP contribution in [0, 0.1) is 0 Å². The molecule has 2 atom stereocenters. The molecule has 2 rings (SSSR count). The van der Waals surface area contributed by atoms with E-state index in [-0.39, 0.29) is 6.61 Å². The molecule has 1 aliphatic heterocycles. The van der Waals surface area contributed by atoms with Crippen molar-refractivity contribution in [2.45, 2.75) is 31.8 Å². The molecule has 0 fully saturated rings. The molecule has 0 unspecified atom stereocenters. The molecular formula is C14H21NOS. The van der Waals surface area contributed by atoms with Crippen LogP contribution in [0.1, 0.15) is 30.5 Å². The molecule has 2 N–H and O–H groups in total. The zero-order valence-corrected chi connectivity index (χ0v) is 11.2. The van der Waals surface area contributed by atoms with Crippen molar-refractivity contribution in [3.8, 4) is 0 Å². The van der Waals surface area contributed by atoms with Gasteiger partial charge in [-0.1, -0.05) is 24.3 Å². The number of nitrogens with one attached hydrogen (secondary N) is 1. The summed E-state index contributed by atoms with van der Waals surface area (Å²) in [6, 6.07) is 9.54. The second-order valence-electron chi connectivity index (χ2n) is 4.66. The summed E-state index contributed by atoms with van der Waals surface area (Å²) in [6.45, 7) is 2.41. The number of fused-ring (bicyclic) bond motifs is 1. The lowest BCUT2D eigenvalue weighted by Gasteiger charge is -2.23. The Morgan fingerprint density at radius 3 is 3.12 bits per heavy atom. The van der Waals surface area contributed by atoms with Gasteiger partial charge in [-0.2, -0.15) is 11.8 Å². The van der Waals surface area contributed by atoms with E-state index in [9.17, 15) is 0 Å². The Morgan fingerprint density at radius 1 is 1.47 bits per heavy atom. The van der Waals surface area contributed by atoms with E-state index in [0.717, 1.165) is 12.2 Å². The highest BCUT2D eigenvalue weighted by Gasteiger charge is 2.19. The van der Waals surface area contributed by atoms with Crippen LogP contribution in [-0.2, 0) is 6.42 Å². The van der Waals surface area contributed by atoms with Crippen molar-refractivity contribution in [3.05, 3.63) is 35.4 Å². The molecule has 3 heteroatoms. The first-order valence-electron chi connectivity index (χ1n) is 6.33. The molecule has 0 aromatic heterocycles. The minimum atomic E-state index is 0.260. The minimum absolute atomic E-state index is 0.260. The molecular weight excluding hydrogens is 230 g/mol. The van der Waals surface area contributed by atoms with E-state index < -0.39 is 0 Å². The van der Waals surface area contributed by atoms with Gasteiger partial charge < -0.3 is 10.4 Å². The fourth-order valence-electron chi connectivity index (χ4n) is 2.33. The van der Waals surface area contributed by atoms with E-state index in [4.69, 9.17) is 5.11 Å². The molecule has 2 nitrogen and oxygen atoms in total. The fraction of sp³-hybridized carbons (Fsp3) is 0.571. The molecule has 1 aromatic rings. The first-order valence-corrected chi connectivity index (χ1v) is 7.49. The maximum atomic E-state index is 8.97. The molecule has 1 heterocycles. The van der Waals surface area contributed by atoms with Gasteiger partial charge in [0, 0.05) is 24.4 Å². The van der Waals surface area contributed by atoms with Gasteiger partial charge in [0.1, 0.15) is 0 Å². The van der Waals surface area contributed by atoms with Gasteiger partial charge in [0.05, 0.1) is 0 Å². The third-order valence-electron chi connectivity index (χ3n) is 3.28. The normalized spacial score (nSPS) is 21.6. The average Bonchev–Trinajstić information content (AvgIpc) is 2.53. The van der Waals surface area contributed by atoms with Crippen LogP contribution in [0.3, 0.4) is 0 Å². The van der Waals surface area contributed by atoms with Crippen molar-refractivity contribution < 1.29 is 5.11 Å². The van der Waals surface area contributed by atoms with E-state index >= 15 is 0 Å². The van der Waals surface area contributed by atoms with Gasteiger partial charge in [-0.25, -0.2) is 0 Å². The van der Waals surface area contributed by atoms with E-state index in [2.05, 4.69) is 36.5 Å². The van der Waals surface area contributed by atoms with E-state index in [0.29, 0.717) is 12.1 Å². The molecule has 0 saturated heterocycles. The number of aryl methyl sites for hydroxylation is 1. The third-order valence-corrected chi connectivity index (χ3v) is 4.34. The van der Waals surface area contributed by atoms with Crippen molar-refractivity contribution in [3.63, 3.8) is 0 Å². The summed E-state index contributed by atoms with van der Waals surface area (Å²) in [7, 11) is 0. The summed E-state index contributed by atoms with van der Waals surface area (Å²) in [5.74, 6) is 2.34. The predicted molar refractivity (Wildman–Crippen MR) is 74.5 cm³/mol. The van der Waals surface area contributed by atoms with Crippen LogP contribution in [0.15, 0.2) is 24.3 Å². The standard InChI is InChI=1S/C14H21NOS/c1-11(6-8-16)15-14-10-17-9-7-12-4-2-3-5-13(12)14/h2-5,11,14-16H,6-10H2,1H3/t11-,14-/m0/s1. The number of thioether (sulfide) groups is 1. The number of aliphatic hydroxyl groups excluding tert-OH is 1. The quantitative estimate of drug-likeness (QED) is 0.862.